The van der Waals surface area contributed by atoms with Crippen LogP contribution in [0.2, 0.25) is 0 Å². The molecule has 1 atom stereocenters. The lowest BCUT2D eigenvalue weighted by molar-refractivity contribution is -0.139. The summed E-state index contributed by atoms with van der Waals surface area (Å²) in [4.78, 5) is 26.7. The molecule has 2 aliphatic rings. The minimum absolute atomic E-state index is 0.0136. The van der Waals surface area contributed by atoms with E-state index in [1.54, 1.807) is 17.9 Å². The molecule has 1 aromatic rings. The summed E-state index contributed by atoms with van der Waals surface area (Å²) in [6.45, 7) is 4.79. The number of benzene rings is 1. The van der Waals surface area contributed by atoms with Crippen molar-refractivity contribution in [1.29, 1.82) is 0 Å². The molecule has 0 bridgehead atoms. The molecular formula is C20H29N3O7S. The third kappa shape index (κ3) is 5.73. The van der Waals surface area contributed by atoms with E-state index >= 15 is 0 Å². The van der Waals surface area contributed by atoms with Crippen molar-refractivity contribution in [3.63, 3.8) is 0 Å². The van der Waals surface area contributed by atoms with Crippen LogP contribution in [0.1, 0.15) is 12.5 Å². The molecule has 0 saturated carbocycles. The molecule has 2 amide bonds. The normalized spacial score (nSPS) is 19.0. The Morgan fingerprint density at radius 2 is 1.71 bits per heavy atom. The number of hydrogen-bond donors (Lipinski definition) is 1. The smallest absolute Gasteiger partial charge is 0.246 e. The summed E-state index contributed by atoms with van der Waals surface area (Å²) >= 11 is 0. The van der Waals surface area contributed by atoms with Gasteiger partial charge in [0.1, 0.15) is 16.7 Å². The molecule has 2 fully saturated rings. The van der Waals surface area contributed by atoms with Gasteiger partial charge in [-0.1, -0.05) is 6.07 Å². The number of carbonyl (C=O) groups excluding carboxylic acids is 2. The lowest BCUT2D eigenvalue weighted by Gasteiger charge is -2.29. The van der Waals surface area contributed by atoms with Crippen LogP contribution in [0.25, 0.3) is 0 Å². The second-order valence-electron chi connectivity index (χ2n) is 7.41. The van der Waals surface area contributed by atoms with Crippen molar-refractivity contribution in [3.05, 3.63) is 23.8 Å². The fourth-order valence-electron chi connectivity index (χ4n) is 3.56. The van der Waals surface area contributed by atoms with Crippen LogP contribution in [0.5, 0.6) is 5.75 Å². The number of nitrogens with zero attached hydrogens (tertiary/aromatic N) is 2. The number of carbonyl (C=O) groups is 2. The van der Waals surface area contributed by atoms with Crippen molar-refractivity contribution in [3.8, 4) is 5.75 Å². The number of morpholine rings is 2. The predicted molar refractivity (Wildman–Crippen MR) is 111 cm³/mol. The molecule has 0 aromatic heterocycles. The van der Waals surface area contributed by atoms with Crippen LogP contribution in [-0.4, -0.2) is 95.2 Å². The van der Waals surface area contributed by atoms with Crippen molar-refractivity contribution in [2.24, 2.45) is 0 Å². The van der Waals surface area contributed by atoms with E-state index in [4.69, 9.17) is 14.2 Å². The molecule has 0 aliphatic carbocycles. The van der Waals surface area contributed by atoms with Gasteiger partial charge >= 0.3 is 0 Å². The van der Waals surface area contributed by atoms with E-state index in [2.05, 4.69) is 5.32 Å². The van der Waals surface area contributed by atoms with Gasteiger partial charge in [0.2, 0.25) is 21.8 Å². The van der Waals surface area contributed by atoms with Crippen molar-refractivity contribution in [2.45, 2.75) is 24.3 Å². The molecule has 1 N–H and O–H groups in total. The maximum atomic E-state index is 13.1. The van der Waals surface area contributed by atoms with E-state index < -0.39 is 16.1 Å². The zero-order chi connectivity index (χ0) is 22.4. The Kier molecular flexibility index (Phi) is 7.87. The number of methoxy groups -OCH3 is 1. The molecule has 172 valence electrons. The zero-order valence-electron chi connectivity index (χ0n) is 17.8. The van der Waals surface area contributed by atoms with Crippen molar-refractivity contribution >= 4 is 21.8 Å². The minimum atomic E-state index is -3.79. The first-order chi connectivity index (χ1) is 14.8. The Labute approximate surface area is 182 Å². The zero-order valence-corrected chi connectivity index (χ0v) is 18.7. The Morgan fingerprint density at radius 3 is 2.32 bits per heavy atom. The third-order valence-corrected chi connectivity index (χ3v) is 7.17. The molecule has 2 heterocycles. The second-order valence-corrected chi connectivity index (χ2v) is 9.31. The standard InChI is InChI=1S/C20H29N3O7S/c1-15(20(25)22-5-9-29-10-6-22)21-19(24)14-16-3-4-17(28-2)18(13-16)31(26,27)23-7-11-30-12-8-23/h3-4,13,15H,5-12,14H2,1-2H3,(H,21,24)/t15-/m0/s1. The molecule has 0 unspecified atom stereocenters. The van der Waals surface area contributed by atoms with E-state index in [1.807, 2.05) is 0 Å². The number of nitrogens with one attached hydrogen (secondary N) is 1. The van der Waals surface area contributed by atoms with Crippen LogP contribution in [0.3, 0.4) is 0 Å². The topological polar surface area (TPSA) is 114 Å². The van der Waals surface area contributed by atoms with Gasteiger partial charge in [-0.05, 0) is 24.6 Å². The van der Waals surface area contributed by atoms with Crippen molar-refractivity contribution in [1.82, 2.24) is 14.5 Å². The summed E-state index contributed by atoms with van der Waals surface area (Å²) in [7, 11) is -2.39. The number of rotatable bonds is 7. The summed E-state index contributed by atoms with van der Waals surface area (Å²) < 4.78 is 43.2. The fraction of sp³-hybridized carbons (Fsp3) is 0.600. The second kappa shape index (κ2) is 10.4. The number of sulfonamides is 1. The molecule has 3 rings (SSSR count). The highest BCUT2D eigenvalue weighted by atomic mass is 32.2. The number of ether oxygens (including phenoxy) is 3. The monoisotopic (exact) mass is 455 g/mol. The maximum Gasteiger partial charge on any atom is 0.246 e. The average molecular weight is 456 g/mol. The molecule has 2 saturated heterocycles. The summed E-state index contributed by atoms with van der Waals surface area (Å²) in [6.07, 6.45) is -0.0592. The minimum Gasteiger partial charge on any atom is -0.495 e. The van der Waals surface area contributed by atoms with E-state index in [-0.39, 0.29) is 42.0 Å². The summed E-state index contributed by atoms with van der Waals surface area (Å²) in [5.41, 5.74) is 0.510. The Hall–Kier alpha value is -2.21. The van der Waals surface area contributed by atoms with Crippen LogP contribution in [0.4, 0.5) is 0 Å². The van der Waals surface area contributed by atoms with E-state index in [1.165, 1.54) is 23.5 Å². The van der Waals surface area contributed by atoms with E-state index in [0.29, 0.717) is 45.1 Å². The SMILES string of the molecule is COc1ccc(CC(=O)N[C@@H](C)C(=O)N2CCOCC2)cc1S(=O)(=O)N1CCOCC1. The van der Waals surface area contributed by atoms with E-state index in [0.717, 1.165) is 0 Å². The summed E-state index contributed by atoms with van der Waals surface area (Å²) in [5, 5.41) is 2.70. The summed E-state index contributed by atoms with van der Waals surface area (Å²) in [6, 6.07) is 3.96. The molecule has 11 heteroatoms. The summed E-state index contributed by atoms with van der Waals surface area (Å²) in [5.74, 6) is -0.317. The quantitative estimate of drug-likeness (QED) is 0.596. The maximum absolute atomic E-state index is 13.1. The van der Waals surface area contributed by atoms with Crippen molar-refractivity contribution < 1.29 is 32.2 Å². The number of amides is 2. The van der Waals surface area contributed by atoms with E-state index in [9.17, 15) is 18.0 Å². The Morgan fingerprint density at radius 1 is 1.10 bits per heavy atom. The highest BCUT2D eigenvalue weighted by Crippen LogP contribution is 2.28. The molecule has 2 aliphatic heterocycles. The third-order valence-electron chi connectivity index (χ3n) is 5.25. The number of hydrogen-bond acceptors (Lipinski definition) is 7. The highest BCUT2D eigenvalue weighted by molar-refractivity contribution is 7.89. The first-order valence-corrected chi connectivity index (χ1v) is 11.7. The molecule has 0 spiro atoms. The molecular weight excluding hydrogens is 426 g/mol. The van der Waals surface area contributed by atoms with Gasteiger partial charge in [-0.15, -0.1) is 0 Å². The van der Waals surface area contributed by atoms with Gasteiger partial charge in [0.05, 0.1) is 40.0 Å². The van der Waals surface area contributed by atoms with Gasteiger partial charge in [-0.3, -0.25) is 9.59 Å². The van der Waals surface area contributed by atoms with Crippen LogP contribution < -0.4 is 10.1 Å². The van der Waals surface area contributed by atoms with Gasteiger partial charge in [0.25, 0.3) is 0 Å². The lowest BCUT2D eigenvalue weighted by Crippen LogP contribution is -2.50. The lowest BCUT2D eigenvalue weighted by atomic mass is 10.1. The van der Waals surface area contributed by atoms with Crippen LogP contribution in [0, 0.1) is 0 Å². The first kappa shape index (κ1) is 23.5. The molecule has 1 aromatic carbocycles. The first-order valence-electron chi connectivity index (χ1n) is 10.2. The average Bonchev–Trinajstić information content (AvgIpc) is 2.79. The van der Waals surface area contributed by atoms with Gasteiger partial charge in [-0.2, -0.15) is 4.31 Å². The largest absolute Gasteiger partial charge is 0.495 e. The molecule has 31 heavy (non-hydrogen) atoms. The van der Waals surface area contributed by atoms with Crippen LogP contribution in [0.15, 0.2) is 23.1 Å². The van der Waals surface area contributed by atoms with Gasteiger partial charge in [-0.25, -0.2) is 8.42 Å². The molecule has 10 nitrogen and oxygen atoms in total. The van der Waals surface area contributed by atoms with Crippen LogP contribution in [-0.2, 0) is 35.5 Å². The van der Waals surface area contributed by atoms with Gasteiger partial charge in [0, 0.05) is 26.2 Å². The Balaban J connectivity index is 1.69. The molecule has 0 radical (unpaired) electrons. The van der Waals surface area contributed by atoms with Crippen LogP contribution >= 0.6 is 0 Å². The highest BCUT2D eigenvalue weighted by Gasteiger charge is 2.30. The van der Waals surface area contributed by atoms with Gasteiger partial charge in [0.15, 0.2) is 0 Å². The Bertz CT molecular complexity index is 894. The fourth-order valence-corrected chi connectivity index (χ4v) is 5.17. The van der Waals surface area contributed by atoms with Crippen molar-refractivity contribution in [2.75, 3.05) is 59.7 Å². The predicted octanol–water partition coefficient (Wildman–Crippen LogP) is -0.378. The van der Waals surface area contributed by atoms with Gasteiger partial charge < -0.3 is 24.4 Å².